The minimum Gasteiger partial charge on any atom is -0.493 e. The van der Waals surface area contributed by atoms with E-state index < -0.39 is 11.7 Å². The summed E-state index contributed by atoms with van der Waals surface area (Å²) in [4.78, 5) is 4.58. The van der Waals surface area contributed by atoms with Gasteiger partial charge >= 0.3 is 6.18 Å². The van der Waals surface area contributed by atoms with Crippen LogP contribution in [-0.4, -0.2) is 34.0 Å². The lowest BCUT2D eigenvalue weighted by Gasteiger charge is -2.05. The number of rotatable bonds is 5. The lowest BCUT2D eigenvalue weighted by atomic mass is 10.1. The third kappa shape index (κ3) is 4.43. The van der Waals surface area contributed by atoms with E-state index in [1.165, 1.54) is 31.0 Å². The van der Waals surface area contributed by atoms with Crippen molar-refractivity contribution in [2.24, 2.45) is 0 Å². The van der Waals surface area contributed by atoms with Gasteiger partial charge in [-0.15, -0.1) is 0 Å². The van der Waals surface area contributed by atoms with Gasteiger partial charge in [0.15, 0.2) is 11.4 Å². The maximum atomic E-state index is 12.9. The molecule has 0 radical (unpaired) electrons. The minimum atomic E-state index is -4.42. The lowest BCUT2D eigenvalue weighted by Crippen LogP contribution is -2.04. The Bertz CT molecular complexity index is 1040. The van der Waals surface area contributed by atoms with Crippen LogP contribution in [0.1, 0.15) is 22.5 Å². The molecule has 8 heteroatoms. The van der Waals surface area contributed by atoms with E-state index in [1.54, 1.807) is 22.7 Å². The molecule has 0 saturated carbocycles. The first kappa shape index (κ1) is 20.1. The number of benzene rings is 1. The molecule has 4 nitrogen and oxygen atoms in total. The fourth-order valence-corrected chi connectivity index (χ4v) is 3.29. The number of alkyl halides is 3. The molecule has 0 fully saturated rings. The smallest absolute Gasteiger partial charge is 0.416 e. The minimum absolute atomic E-state index is 0.0482. The van der Waals surface area contributed by atoms with Crippen LogP contribution in [-0.2, 0) is 11.9 Å². The standard InChI is InChI=1S/C20H17F3N2O2S/c1-27-18-6-3-9-25-17(16(24-19(18)25)13-28-11-10-26)8-7-14-4-2-5-15(12-14)20(21,22)23/h2-6,9,12,26H,10-11,13H2,1H3. The van der Waals surface area contributed by atoms with Gasteiger partial charge in [-0.3, -0.25) is 4.40 Å². The number of ether oxygens (including phenoxy) is 1. The Labute approximate surface area is 164 Å². The summed E-state index contributed by atoms with van der Waals surface area (Å²) in [5, 5.41) is 8.99. The zero-order chi connectivity index (χ0) is 20.1. The second-order valence-electron chi connectivity index (χ2n) is 5.78. The van der Waals surface area contributed by atoms with Crippen LogP contribution in [0.5, 0.6) is 5.75 Å². The van der Waals surface area contributed by atoms with E-state index in [0.29, 0.717) is 34.3 Å². The van der Waals surface area contributed by atoms with Crippen molar-refractivity contribution < 1.29 is 23.0 Å². The van der Waals surface area contributed by atoms with Gasteiger partial charge in [0.2, 0.25) is 0 Å². The summed E-state index contributed by atoms with van der Waals surface area (Å²) < 4.78 is 45.8. The highest BCUT2D eigenvalue weighted by molar-refractivity contribution is 7.98. The molecule has 3 rings (SSSR count). The monoisotopic (exact) mass is 406 g/mol. The Hall–Kier alpha value is -2.63. The molecule has 0 aliphatic carbocycles. The Morgan fingerprint density at radius 1 is 1.21 bits per heavy atom. The quantitative estimate of drug-likeness (QED) is 0.514. The van der Waals surface area contributed by atoms with E-state index >= 15 is 0 Å². The van der Waals surface area contributed by atoms with Crippen molar-refractivity contribution in [3.63, 3.8) is 0 Å². The largest absolute Gasteiger partial charge is 0.493 e. The van der Waals surface area contributed by atoms with E-state index in [4.69, 9.17) is 9.84 Å². The van der Waals surface area contributed by atoms with Crippen LogP contribution in [0.2, 0.25) is 0 Å². The number of aliphatic hydroxyl groups is 1. The van der Waals surface area contributed by atoms with E-state index in [1.807, 2.05) is 0 Å². The molecule has 2 aromatic heterocycles. The molecule has 0 aliphatic rings. The third-order valence-electron chi connectivity index (χ3n) is 3.90. The molecule has 0 aliphatic heterocycles. The summed E-state index contributed by atoms with van der Waals surface area (Å²) in [7, 11) is 1.54. The average molecular weight is 406 g/mol. The molecular formula is C20H17F3N2O2S. The van der Waals surface area contributed by atoms with Gasteiger partial charge in [-0.25, -0.2) is 4.98 Å². The molecule has 0 atom stereocenters. The van der Waals surface area contributed by atoms with Crippen LogP contribution in [0.4, 0.5) is 13.2 Å². The Morgan fingerprint density at radius 2 is 2.04 bits per heavy atom. The zero-order valence-electron chi connectivity index (χ0n) is 15.0. The molecule has 3 aromatic rings. The van der Waals surface area contributed by atoms with Crippen molar-refractivity contribution in [1.29, 1.82) is 0 Å². The highest BCUT2D eigenvalue weighted by atomic mass is 32.2. The molecule has 0 amide bonds. The predicted molar refractivity (Wildman–Crippen MR) is 102 cm³/mol. The number of aromatic nitrogens is 2. The number of imidazole rings is 1. The van der Waals surface area contributed by atoms with Crippen molar-refractivity contribution in [3.05, 3.63) is 65.1 Å². The van der Waals surface area contributed by atoms with E-state index in [2.05, 4.69) is 16.8 Å². The summed E-state index contributed by atoms with van der Waals surface area (Å²) in [6.07, 6.45) is -2.64. The number of methoxy groups -OCH3 is 1. The number of aliphatic hydroxyl groups excluding tert-OH is 1. The van der Waals surface area contributed by atoms with Crippen molar-refractivity contribution in [2.75, 3.05) is 19.5 Å². The Balaban J connectivity index is 2.05. The summed E-state index contributed by atoms with van der Waals surface area (Å²) in [6.45, 7) is 0.0482. The number of nitrogens with zero attached hydrogens (tertiary/aromatic N) is 2. The van der Waals surface area contributed by atoms with Crippen molar-refractivity contribution in [2.45, 2.75) is 11.9 Å². The van der Waals surface area contributed by atoms with Crippen molar-refractivity contribution in [3.8, 4) is 17.6 Å². The number of pyridine rings is 1. The topological polar surface area (TPSA) is 46.8 Å². The number of hydrogen-bond acceptors (Lipinski definition) is 4. The summed E-state index contributed by atoms with van der Waals surface area (Å²) in [5.41, 5.74) is 1.37. The molecule has 0 unspecified atom stereocenters. The Kier molecular flexibility index (Phi) is 6.17. The zero-order valence-corrected chi connectivity index (χ0v) is 15.8. The van der Waals surface area contributed by atoms with Crippen LogP contribution < -0.4 is 4.74 Å². The highest BCUT2D eigenvalue weighted by Gasteiger charge is 2.30. The molecule has 2 heterocycles. The summed E-state index contributed by atoms with van der Waals surface area (Å²) >= 11 is 1.49. The fraction of sp³-hybridized carbons (Fsp3) is 0.250. The van der Waals surface area contributed by atoms with Crippen LogP contribution in [0.3, 0.4) is 0 Å². The van der Waals surface area contributed by atoms with Crippen molar-refractivity contribution >= 4 is 17.4 Å². The van der Waals surface area contributed by atoms with Crippen LogP contribution >= 0.6 is 11.8 Å². The summed E-state index contributed by atoms with van der Waals surface area (Å²) in [6, 6.07) is 8.47. The first-order valence-electron chi connectivity index (χ1n) is 8.36. The molecule has 0 spiro atoms. The SMILES string of the molecule is COc1cccn2c(C#Cc3cccc(C(F)(F)F)c3)c(CSCCO)nc12. The number of fused-ring (bicyclic) bond motifs is 1. The average Bonchev–Trinajstić information content (AvgIpc) is 3.03. The van der Waals surface area contributed by atoms with Gasteiger partial charge < -0.3 is 9.84 Å². The maximum Gasteiger partial charge on any atom is 0.416 e. The number of thioether (sulfide) groups is 1. The summed E-state index contributed by atoms with van der Waals surface area (Å²) in [5.74, 6) is 7.40. The lowest BCUT2D eigenvalue weighted by molar-refractivity contribution is -0.137. The molecule has 1 aromatic carbocycles. The predicted octanol–water partition coefficient (Wildman–Crippen LogP) is 3.99. The fourth-order valence-electron chi connectivity index (χ4n) is 2.62. The van der Waals surface area contributed by atoms with Gasteiger partial charge in [-0.05, 0) is 36.3 Å². The van der Waals surface area contributed by atoms with E-state index in [0.717, 1.165) is 12.1 Å². The number of halogens is 3. The van der Waals surface area contributed by atoms with Gasteiger partial charge in [-0.2, -0.15) is 24.9 Å². The second-order valence-corrected chi connectivity index (χ2v) is 6.89. The first-order chi connectivity index (χ1) is 13.4. The van der Waals surface area contributed by atoms with Crippen LogP contribution in [0, 0.1) is 11.8 Å². The van der Waals surface area contributed by atoms with Gasteiger partial charge in [0, 0.05) is 23.3 Å². The second kappa shape index (κ2) is 8.59. The molecular weight excluding hydrogens is 389 g/mol. The maximum absolute atomic E-state index is 12.9. The first-order valence-corrected chi connectivity index (χ1v) is 9.51. The van der Waals surface area contributed by atoms with E-state index in [9.17, 15) is 13.2 Å². The van der Waals surface area contributed by atoms with Crippen LogP contribution in [0.15, 0.2) is 42.6 Å². The number of hydrogen-bond donors (Lipinski definition) is 1. The van der Waals surface area contributed by atoms with Gasteiger partial charge in [0.05, 0.1) is 25.0 Å². The molecule has 0 bridgehead atoms. The Morgan fingerprint density at radius 3 is 2.75 bits per heavy atom. The highest BCUT2D eigenvalue weighted by Crippen LogP contribution is 2.29. The van der Waals surface area contributed by atoms with Crippen molar-refractivity contribution in [1.82, 2.24) is 9.38 Å². The van der Waals surface area contributed by atoms with Gasteiger partial charge in [-0.1, -0.05) is 12.0 Å². The molecule has 28 heavy (non-hydrogen) atoms. The van der Waals surface area contributed by atoms with E-state index in [-0.39, 0.29) is 12.2 Å². The molecule has 1 N–H and O–H groups in total. The van der Waals surface area contributed by atoms with Crippen LogP contribution in [0.25, 0.3) is 5.65 Å². The normalized spacial score (nSPS) is 11.3. The van der Waals surface area contributed by atoms with Gasteiger partial charge in [0.25, 0.3) is 0 Å². The van der Waals surface area contributed by atoms with Gasteiger partial charge in [0.1, 0.15) is 5.69 Å². The molecule has 0 saturated heterocycles. The molecule has 146 valence electrons. The third-order valence-corrected chi connectivity index (χ3v) is 4.84.